The molecular weight excluding hydrogens is 333 g/mol. The van der Waals surface area contributed by atoms with Crippen LogP contribution in [0.2, 0.25) is 0 Å². The van der Waals surface area contributed by atoms with Crippen molar-refractivity contribution in [3.8, 4) is 0 Å². The van der Waals surface area contributed by atoms with Crippen LogP contribution in [0.25, 0.3) is 0 Å². The average molecular weight is 346 g/mol. The molecule has 0 saturated carbocycles. The van der Waals surface area contributed by atoms with E-state index in [9.17, 15) is 4.39 Å². The fourth-order valence-corrected chi connectivity index (χ4v) is 2.79. The van der Waals surface area contributed by atoms with Crippen molar-refractivity contribution < 1.29 is 4.39 Å². The Balaban J connectivity index is 2.06. The van der Waals surface area contributed by atoms with Gasteiger partial charge in [-0.3, -0.25) is 0 Å². The molecule has 3 rings (SSSR count). The second-order valence-corrected chi connectivity index (χ2v) is 5.73. The van der Waals surface area contributed by atoms with Crippen LogP contribution in [0.1, 0.15) is 23.5 Å². The molecule has 5 heteroatoms. The molecule has 0 aliphatic carbocycles. The monoisotopic (exact) mass is 345 g/mol. The molecule has 0 radical (unpaired) electrons. The second-order valence-electron chi connectivity index (χ2n) is 4.87. The van der Waals surface area contributed by atoms with E-state index >= 15 is 0 Å². The van der Waals surface area contributed by atoms with Gasteiger partial charge in [-0.05, 0) is 39.2 Å². The molecule has 21 heavy (non-hydrogen) atoms. The molecular formula is C16H13BrFN3. The lowest BCUT2D eigenvalue weighted by Crippen LogP contribution is -2.25. The van der Waals surface area contributed by atoms with E-state index in [0.29, 0.717) is 16.7 Å². The predicted molar refractivity (Wildman–Crippen MR) is 86.1 cm³/mol. The van der Waals surface area contributed by atoms with Gasteiger partial charge < -0.3 is 5.73 Å². The third-order valence-electron chi connectivity index (χ3n) is 3.45. The molecule has 1 unspecified atom stereocenters. The Morgan fingerprint density at radius 2 is 1.86 bits per heavy atom. The molecule has 0 saturated heterocycles. The molecule has 0 spiro atoms. The zero-order chi connectivity index (χ0) is 14.8. The standard InChI is InChI=1S/C16H13BrFN3/c17-13-8-11(6-7-14(13)18)16-12(9-15(19)20-21-16)10-4-2-1-3-5-10/h1-8,12H,9H2,(H2,19,20). The Labute approximate surface area is 130 Å². The first kappa shape index (κ1) is 13.9. The third kappa shape index (κ3) is 2.88. The summed E-state index contributed by atoms with van der Waals surface area (Å²) < 4.78 is 13.8. The average Bonchev–Trinajstić information content (AvgIpc) is 2.51. The van der Waals surface area contributed by atoms with Crippen molar-refractivity contribution in [2.45, 2.75) is 12.3 Å². The largest absolute Gasteiger partial charge is 0.386 e. The third-order valence-corrected chi connectivity index (χ3v) is 4.05. The first-order chi connectivity index (χ1) is 10.1. The number of hydrogen-bond acceptors (Lipinski definition) is 3. The number of halogens is 2. The second kappa shape index (κ2) is 5.77. The molecule has 0 aromatic heterocycles. The van der Waals surface area contributed by atoms with Crippen LogP contribution in [0, 0.1) is 5.82 Å². The van der Waals surface area contributed by atoms with Crippen molar-refractivity contribution in [2.75, 3.05) is 0 Å². The molecule has 2 N–H and O–H groups in total. The minimum Gasteiger partial charge on any atom is -0.386 e. The van der Waals surface area contributed by atoms with Gasteiger partial charge in [0.05, 0.1) is 10.2 Å². The summed E-state index contributed by atoms with van der Waals surface area (Å²) in [5.74, 6) is 0.240. The summed E-state index contributed by atoms with van der Waals surface area (Å²) in [7, 11) is 0. The van der Waals surface area contributed by atoms with Gasteiger partial charge in [-0.15, -0.1) is 5.10 Å². The number of nitrogens with two attached hydrogens (primary N) is 1. The molecule has 1 atom stereocenters. The molecule has 1 aliphatic rings. The van der Waals surface area contributed by atoms with Crippen molar-refractivity contribution in [3.63, 3.8) is 0 Å². The lowest BCUT2D eigenvalue weighted by atomic mass is 9.86. The van der Waals surface area contributed by atoms with Crippen LogP contribution < -0.4 is 5.73 Å². The quantitative estimate of drug-likeness (QED) is 0.883. The van der Waals surface area contributed by atoms with Crippen LogP contribution in [-0.4, -0.2) is 11.5 Å². The molecule has 0 bridgehead atoms. The normalized spacial score (nSPS) is 18.1. The van der Waals surface area contributed by atoms with Gasteiger partial charge in [0.2, 0.25) is 0 Å². The zero-order valence-electron chi connectivity index (χ0n) is 11.1. The Morgan fingerprint density at radius 1 is 1.10 bits per heavy atom. The van der Waals surface area contributed by atoms with E-state index in [1.165, 1.54) is 6.07 Å². The van der Waals surface area contributed by atoms with Crippen LogP contribution >= 0.6 is 15.9 Å². The van der Waals surface area contributed by atoms with E-state index in [4.69, 9.17) is 5.73 Å². The predicted octanol–water partition coefficient (Wildman–Crippen LogP) is 3.84. The molecule has 2 aromatic rings. The summed E-state index contributed by atoms with van der Waals surface area (Å²) in [6.45, 7) is 0. The lowest BCUT2D eigenvalue weighted by molar-refractivity contribution is 0.621. The minimum atomic E-state index is -0.297. The topological polar surface area (TPSA) is 50.7 Å². The van der Waals surface area contributed by atoms with E-state index in [-0.39, 0.29) is 11.7 Å². The highest BCUT2D eigenvalue weighted by Gasteiger charge is 2.25. The van der Waals surface area contributed by atoms with E-state index in [0.717, 1.165) is 16.8 Å². The van der Waals surface area contributed by atoms with Crippen molar-refractivity contribution in [3.05, 3.63) is 69.9 Å². The Morgan fingerprint density at radius 3 is 2.57 bits per heavy atom. The van der Waals surface area contributed by atoms with Crippen molar-refractivity contribution in [2.24, 2.45) is 15.9 Å². The van der Waals surface area contributed by atoms with Gasteiger partial charge in [0.25, 0.3) is 0 Å². The van der Waals surface area contributed by atoms with Gasteiger partial charge in [0.1, 0.15) is 11.7 Å². The molecule has 2 aromatic carbocycles. The molecule has 3 nitrogen and oxygen atoms in total. The fourth-order valence-electron chi connectivity index (χ4n) is 2.41. The van der Waals surface area contributed by atoms with Crippen LogP contribution in [0.4, 0.5) is 4.39 Å². The van der Waals surface area contributed by atoms with Gasteiger partial charge >= 0.3 is 0 Å². The van der Waals surface area contributed by atoms with Gasteiger partial charge in [0, 0.05) is 12.3 Å². The summed E-state index contributed by atoms with van der Waals surface area (Å²) in [5.41, 5.74) is 8.59. The Hall–Kier alpha value is -2.01. The highest BCUT2D eigenvalue weighted by Crippen LogP contribution is 2.29. The number of rotatable bonds is 2. The van der Waals surface area contributed by atoms with Crippen LogP contribution in [0.15, 0.2) is 63.2 Å². The summed E-state index contributed by atoms with van der Waals surface area (Å²) in [6.07, 6.45) is 0.609. The molecule has 106 valence electrons. The maximum absolute atomic E-state index is 13.4. The van der Waals surface area contributed by atoms with Crippen LogP contribution in [-0.2, 0) is 0 Å². The lowest BCUT2D eigenvalue weighted by Gasteiger charge is -2.22. The maximum Gasteiger partial charge on any atom is 0.137 e. The smallest absolute Gasteiger partial charge is 0.137 e. The van der Waals surface area contributed by atoms with Gasteiger partial charge in [-0.25, -0.2) is 4.39 Å². The number of nitrogens with zero attached hydrogens (tertiary/aromatic N) is 2. The summed E-state index contributed by atoms with van der Waals surface area (Å²) in [4.78, 5) is 0. The zero-order valence-corrected chi connectivity index (χ0v) is 12.7. The molecule has 1 heterocycles. The number of hydrogen-bond donors (Lipinski definition) is 1. The fraction of sp³-hybridized carbons (Fsp3) is 0.125. The number of amidine groups is 1. The SMILES string of the molecule is NC1=NN=C(c2ccc(F)c(Br)c2)C(c2ccccc2)C1. The van der Waals surface area contributed by atoms with E-state index in [1.54, 1.807) is 12.1 Å². The van der Waals surface area contributed by atoms with E-state index in [2.05, 4.69) is 26.1 Å². The highest BCUT2D eigenvalue weighted by atomic mass is 79.9. The summed E-state index contributed by atoms with van der Waals surface area (Å²) >= 11 is 3.21. The van der Waals surface area contributed by atoms with Crippen molar-refractivity contribution in [1.29, 1.82) is 0 Å². The Kier molecular flexibility index (Phi) is 3.84. The first-order valence-electron chi connectivity index (χ1n) is 6.55. The first-order valence-corrected chi connectivity index (χ1v) is 7.34. The summed E-state index contributed by atoms with van der Waals surface area (Å²) in [6, 6.07) is 14.9. The van der Waals surface area contributed by atoms with Gasteiger partial charge in [-0.2, -0.15) is 5.10 Å². The van der Waals surface area contributed by atoms with Gasteiger partial charge in [0.15, 0.2) is 0 Å². The molecule has 0 amide bonds. The van der Waals surface area contributed by atoms with E-state index < -0.39 is 0 Å². The molecule has 0 fully saturated rings. The number of benzene rings is 2. The summed E-state index contributed by atoms with van der Waals surface area (Å²) in [5, 5.41) is 8.23. The van der Waals surface area contributed by atoms with Crippen molar-refractivity contribution >= 4 is 27.5 Å². The maximum atomic E-state index is 13.4. The van der Waals surface area contributed by atoms with E-state index in [1.807, 2.05) is 30.3 Å². The van der Waals surface area contributed by atoms with Crippen LogP contribution in [0.5, 0.6) is 0 Å². The highest BCUT2D eigenvalue weighted by molar-refractivity contribution is 9.10. The van der Waals surface area contributed by atoms with Crippen LogP contribution in [0.3, 0.4) is 0 Å². The molecule has 1 aliphatic heterocycles. The van der Waals surface area contributed by atoms with Crippen molar-refractivity contribution in [1.82, 2.24) is 0 Å². The minimum absolute atomic E-state index is 0.0288. The van der Waals surface area contributed by atoms with Gasteiger partial charge in [-0.1, -0.05) is 36.4 Å². The Bertz CT molecular complexity index is 726.